The second kappa shape index (κ2) is 5.92. The van der Waals surface area contributed by atoms with Crippen LogP contribution >= 0.6 is 11.6 Å². The third-order valence-corrected chi connectivity index (χ3v) is 2.10. The van der Waals surface area contributed by atoms with Crippen molar-refractivity contribution in [3.05, 3.63) is 11.2 Å². The largest absolute Gasteiger partial charge is 0.390 e. The van der Waals surface area contributed by atoms with Crippen LogP contribution in [0.4, 0.5) is 20.5 Å². The molecule has 0 spiro atoms. The van der Waals surface area contributed by atoms with Gasteiger partial charge in [0.25, 0.3) is 5.92 Å². The van der Waals surface area contributed by atoms with Crippen molar-refractivity contribution in [2.24, 2.45) is 0 Å². The molecule has 3 N–H and O–H groups in total. The van der Waals surface area contributed by atoms with E-state index in [1.165, 1.54) is 6.20 Å². The number of rotatable bonds is 6. The van der Waals surface area contributed by atoms with Crippen molar-refractivity contribution in [3.63, 3.8) is 0 Å². The predicted molar refractivity (Wildman–Crippen MR) is 61.7 cm³/mol. The van der Waals surface area contributed by atoms with Gasteiger partial charge in [-0.3, -0.25) is 0 Å². The number of alkyl halides is 2. The first-order valence-electron chi connectivity index (χ1n) is 4.97. The lowest BCUT2D eigenvalue weighted by Crippen LogP contribution is -2.31. The summed E-state index contributed by atoms with van der Waals surface area (Å²) in [6, 6.07) is 0. The normalized spacial score (nSPS) is 11.4. The predicted octanol–water partition coefficient (Wildman–Crippen LogP) is 1.60. The van der Waals surface area contributed by atoms with Gasteiger partial charge in [0, 0.05) is 6.54 Å². The first kappa shape index (κ1) is 13.9. The molecule has 1 aromatic heterocycles. The lowest BCUT2D eigenvalue weighted by Gasteiger charge is -2.15. The fraction of sp³-hybridized carbons (Fsp3) is 0.556. The maximum Gasteiger partial charge on any atom is 0.287 e. The zero-order valence-electron chi connectivity index (χ0n) is 9.17. The molecule has 8 heteroatoms. The number of halogens is 3. The van der Waals surface area contributed by atoms with E-state index in [2.05, 4.69) is 20.6 Å². The van der Waals surface area contributed by atoms with E-state index in [-0.39, 0.29) is 10.8 Å². The third kappa shape index (κ3) is 4.27. The van der Waals surface area contributed by atoms with Gasteiger partial charge in [0.1, 0.15) is 11.6 Å². The summed E-state index contributed by atoms with van der Waals surface area (Å²) in [4.78, 5) is 7.78. The van der Waals surface area contributed by atoms with E-state index in [1.54, 1.807) is 0 Å². The fourth-order valence-corrected chi connectivity index (χ4v) is 1.16. The number of hydrogen-bond donors (Lipinski definition) is 3. The van der Waals surface area contributed by atoms with E-state index in [0.717, 1.165) is 0 Å². The summed E-state index contributed by atoms with van der Waals surface area (Å²) in [6.45, 7) is 0.480. The average molecular weight is 267 g/mol. The van der Waals surface area contributed by atoms with Gasteiger partial charge in [-0.15, -0.1) is 0 Å². The van der Waals surface area contributed by atoms with Crippen molar-refractivity contribution in [1.82, 2.24) is 9.97 Å². The molecular formula is C9H13ClF2N4O. The maximum absolute atomic E-state index is 12.8. The molecule has 1 aromatic rings. The molecule has 0 unspecified atom stereocenters. The third-order valence-electron chi connectivity index (χ3n) is 1.82. The van der Waals surface area contributed by atoms with Crippen LogP contribution in [0.1, 0.15) is 6.92 Å². The van der Waals surface area contributed by atoms with Crippen LogP contribution in [-0.4, -0.2) is 40.7 Å². The number of anilines is 2. The van der Waals surface area contributed by atoms with Gasteiger partial charge in [-0.05, 0) is 6.92 Å². The Balaban J connectivity index is 2.72. The van der Waals surface area contributed by atoms with Gasteiger partial charge >= 0.3 is 0 Å². The summed E-state index contributed by atoms with van der Waals surface area (Å²) in [5, 5.41) is 13.7. The molecule has 0 aromatic carbocycles. The minimum absolute atomic E-state index is 0.103. The van der Waals surface area contributed by atoms with E-state index < -0.39 is 19.1 Å². The molecule has 17 heavy (non-hydrogen) atoms. The summed E-state index contributed by atoms with van der Waals surface area (Å²) >= 11 is 5.75. The molecule has 0 saturated heterocycles. The van der Waals surface area contributed by atoms with Crippen LogP contribution in [-0.2, 0) is 0 Å². The Morgan fingerprint density at radius 1 is 1.47 bits per heavy atom. The highest BCUT2D eigenvalue weighted by molar-refractivity contribution is 6.32. The number of hydrogen-bond acceptors (Lipinski definition) is 5. The van der Waals surface area contributed by atoms with Crippen molar-refractivity contribution in [1.29, 1.82) is 0 Å². The molecular weight excluding hydrogens is 254 g/mol. The fourth-order valence-electron chi connectivity index (χ4n) is 1.00. The number of nitrogens with zero attached hydrogens (tertiary/aromatic N) is 2. The van der Waals surface area contributed by atoms with E-state index in [0.29, 0.717) is 12.5 Å². The van der Waals surface area contributed by atoms with Crippen molar-refractivity contribution in [2.75, 3.05) is 30.3 Å². The van der Waals surface area contributed by atoms with Gasteiger partial charge < -0.3 is 15.7 Å². The van der Waals surface area contributed by atoms with Gasteiger partial charge in [-0.1, -0.05) is 11.6 Å². The molecule has 0 aliphatic rings. The lowest BCUT2D eigenvalue weighted by atomic mass is 10.3. The molecule has 0 amide bonds. The molecule has 1 heterocycles. The molecule has 0 bridgehead atoms. The van der Waals surface area contributed by atoms with Gasteiger partial charge in [0.05, 0.1) is 12.7 Å². The van der Waals surface area contributed by atoms with Crippen molar-refractivity contribution in [2.45, 2.75) is 12.8 Å². The Morgan fingerprint density at radius 3 is 2.76 bits per heavy atom. The minimum atomic E-state index is -3.22. The molecule has 96 valence electrons. The minimum Gasteiger partial charge on any atom is -0.390 e. The quantitative estimate of drug-likeness (QED) is 0.730. The first-order valence-corrected chi connectivity index (χ1v) is 5.35. The monoisotopic (exact) mass is 266 g/mol. The van der Waals surface area contributed by atoms with Crippen LogP contribution < -0.4 is 10.6 Å². The average Bonchev–Trinajstić information content (AvgIpc) is 2.30. The SMILES string of the molecule is CCNc1ncc(Cl)c(NCC(F)(F)CO)n1. The Bertz CT molecular complexity index is 378. The number of aliphatic hydroxyl groups excluding tert-OH is 1. The second-order valence-corrected chi connectivity index (χ2v) is 3.70. The highest BCUT2D eigenvalue weighted by Gasteiger charge is 2.27. The standard InChI is InChI=1S/C9H13ClF2N4O/c1-2-13-8-14-3-6(10)7(16-8)15-4-9(11,12)5-17/h3,17H,2,4-5H2,1H3,(H2,13,14,15,16). The van der Waals surface area contributed by atoms with Crippen LogP contribution in [0.25, 0.3) is 0 Å². The van der Waals surface area contributed by atoms with Crippen LogP contribution in [0.2, 0.25) is 5.02 Å². The Labute approximate surface area is 102 Å². The smallest absolute Gasteiger partial charge is 0.287 e. The van der Waals surface area contributed by atoms with E-state index in [9.17, 15) is 8.78 Å². The van der Waals surface area contributed by atoms with Crippen molar-refractivity contribution >= 4 is 23.4 Å². The number of nitrogens with one attached hydrogen (secondary N) is 2. The molecule has 0 radical (unpaired) electrons. The van der Waals surface area contributed by atoms with Gasteiger partial charge in [0.2, 0.25) is 5.95 Å². The summed E-state index contributed by atoms with van der Waals surface area (Å²) in [6.07, 6.45) is 1.31. The molecule has 0 atom stereocenters. The van der Waals surface area contributed by atoms with E-state index in [1.807, 2.05) is 6.92 Å². The lowest BCUT2D eigenvalue weighted by molar-refractivity contribution is -0.0373. The maximum atomic E-state index is 12.8. The molecule has 0 aliphatic heterocycles. The molecule has 5 nitrogen and oxygen atoms in total. The summed E-state index contributed by atoms with van der Waals surface area (Å²) < 4.78 is 25.6. The van der Waals surface area contributed by atoms with Crippen LogP contribution in [0.15, 0.2) is 6.20 Å². The highest BCUT2D eigenvalue weighted by Crippen LogP contribution is 2.21. The molecule has 0 aliphatic carbocycles. The Kier molecular flexibility index (Phi) is 4.83. The summed E-state index contributed by atoms with van der Waals surface area (Å²) in [7, 11) is 0. The topological polar surface area (TPSA) is 70.1 Å². The Morgan fingerprint density at radius 2 is 2.18 bits per heavy atom. The van der Waals surface area contributed by atoms with E-state index in [4.69, 9.17) is 16.7 Å². The van der Waals surface area contributed by atoms with Crippen molar-refractivity contribution < 1.29 is 13.9 Å². The zero-order chi connectivity index (χ0) is 12.9. The van der Waals surface area contributed by atoms with Crippen molar-refractivity contribution in [3.8, 4) is 0 Å². The molecule has 1 rings (SSSR count). The zero-order valence-corrected chi connectivity index (χ0v) is 9.93. The molecule has 0 fully saturated rings. The van der Waals surface area contributed by atoms with Crippen LogP contribution in [0.3, 0.4) is 0 Å². The summed E-state index contributed by atoms with van der Waals surface area (Å²) in [5.41, 5.74) is 0. The Hall–Kier alpha value is -1.21. The molecule has 0 saturated carbocycles. The van der Waals surface area contributed by atoms with Gasteiger partial charge in [0.15, 0.2) is 5.82 Å². The second-order valence-electron chi connectivity index (χ2n) is 3.29. The highest BCUT2D eigenvalue weighted by atomic mass is 35.5. The number of aliphatic hydroxyl groups is 1. The van der Waals surface area contributed by atoms with Crippen LogP contribution in [0.5, 0.6) is 0 Å². The summed E-state index contributed by atoms with van der Waals surface area (Å²) in [5.74, 6) is -2.82. The number of aromatic nitrogens is 2. The van der Waals surface area contributed by atoms with E-state index >= 15 is 0 Å². The van der Waals surface area contributed by atoms with Gasteiger partial charge in [-0.25, -0.2) is 13.8 Å². The van der Waals surface area contributed by atoms with Gasteiger partial charge in [-0.2, -0.15) is 4.98 Å². The first-order chi connectivity index (χ1) is 7.98. The van der Waals surface area contributed by atoms with Crippen LogP contribution in [0, 0.1) is 0 Å².